The van der Waals surface area contributed by atoms with Crippen molar-refractivity contribution >= 4 is 17.4 Å². The highest BCUT2D eigenvalue weighted by atomic mass is 16.2. The summed E-state index contributed by atoms with van der Waals surface area (Å²) in [6.45, 7) is 4.67. The van der Waals surface area contributed by atoms with E-state index in [4.69, 9.17) is 0 Å². The van der Waals surface area contributed by atoms with Crippen LogP contribution < -0.4 is 0 Å². The minimum Gasteiger partial charge on any atom is -0.342 e. The standard InChI is InChI=1S/C21H23N3O2/c1-14(25)23-11-9-17(10-12-23)20-19-6-4-3-5-16(19)7-8-18-13-24(15(2)26)22-21(18)20/h3-6,13H,7-12H2,1-2H3. The molecule has 1 aliphatic heterocycles. The molecule has 2 heterocycles. The molecule has 0 spiro atoms. The fourth-order valence-corrected chi connectivity index (χ4v) is 4.04. The predicted octanol–water partition coefficient (Wildman–Crippen LogP) is 3.09. The minimum absolute atomic E-state index is 0.0675. The van der Waals surface area contributed by atoms with E-state index in [9.17, 15) is 9.59 Å². The number of piperidine rings is 1. The van der Waals surface area contributed by atoms with E-state index in [0.29, 0.717) is 0 Å². The quantitative estimate of drug-likeness (QED) is 0.734. The molecule has 0 unspecified atom stereocenters. The van der Waals surface area contributed by atoms with Crippen molar-refractivity contribution in [1.29, 1.82) is 0 Å². The molecule has 4 rings (SSSR count). The van der Waals surface area contributed by atoms with Gasteiger partial charge in [-0.05, 0) is 42.4 Å². The van der Waals surface area contributed by atoms with E-state index in [2.05, 4.69) is 29.4 Å². The summed E-state index contributed by atoms with van der Waals surface area (Å²) in [4.78, 5) is 25.4. The average Bonchev–Trinajstić information content (AvgIpc) is 2.99. The predicted molar refractivity (Wildman–Crippen MR) is 99.9 cm³/mol. The summed E-state index contributed by atoms with van der Waals surface area (Å²) in [5, 5.41) is 4.65. The number of likely N-dealkylation sites (tertiary alicyclic amines) is 1. The summed E-state index contributed by atoms with van der Waals surface area (Å²) in [7, 11) is 0. The largest absolute Gasteiger partial charge is 0.342 e. The topological polar surface area (TPSA) is 55.2 Å². The average molecular weight is 349 g/mol. The molecule has 0 atom stereocenters. The normalized spacial score (nSPS) is 16.8. The number of carbonyl (C=O) groups is 2. The van der Waals surface area contributed by atoms with Crippen LogP contribution in [-0.2, 0) is 17.6 Å². The second kappa shape index (κ2) is 6.56. The molecule has 1 aromatic heterocycles. The highest BCUT2D eigenvalue weighted by Gasteiger charge is 2.27. The Balaban J connectivity index is 1.86. The van der Waals surface area contributed by atoms with E-state index < -0.39 is 0 Å². The maximum Gasteiger partial charge on any atom is 0.243 e. The Hall–Kier alpha value is -2.69. The first kappa shape index (κ1) is 16.8. The van der Waals surface area contributed by atoms with Crippen LogP contribution in [0, 0.1) is 0 Å². The zero-order valence-electron chi connectivity index (χ0n) is 15.3. The van der Waals surface area contributed by atoms with E-state index in [1.54, 1.807) is 13.8 Å². The Morgan fingerprint density at radius 3 is 2.31 bits per heavy atom. The van der Waals surface area contributed by atoms with Crippen molar-refractivity contribution < 1.29 is 9.59 Å². The van der Waals surface area contributed by atoms with Gasteiger partial charge < -0.3 is 4.90 Å². The molecule has 0 N–H and O–H groups in total. The first-order valence-electron chi connectivity index (χ1n) is 9.20. The Morgan fingerprint density at radius 2 is 1.62 bits per heavy atom. The van der Waals surface area contributed by atoms with Crippen LogP contribution in [-0.4, -0.2) is 39.6 Å². The molecule has 1 saturated heterocycles. The lowest BCUT2D eigenvalue weighted by molar-refractivity contribution is -0.129. The van der Waals surface area contributed by atoms with Crippen LogP contribution >= 0.6 is 0 Å². The first-order chi connectivity index (χ1) is 12.5. The number of aryl methyl sites for hydroxylation is 2. The minimum atomic E-state index is -0.0675. The lowest BCUT2D eigenvalue weighted by atomic mass is 9.89. The molecule has 0 radical (unpaired) electrons. The maximum atomic E-state index is 11.8. The van der Waals surface area contributed by atoms with Gasteiger partial charge in [0.2, 0.25) is 11.8 Å². The third-order valence-corrected chi connectivity index (χ3v) is 5.47. The summed E-state index contributed by atoms with van der Waals surface area (Å²) >= 11 is 0. The van der Waals surface area contributed by atoms with Gasteiger partial charge >= 0.3 is 0 Å². The third-order valence-electron chi connectivity index (χ3n) is 5.47. The summed E-state index contributed by atoms with van der Waals surface area (Å²) in [6.07, 6.45) is 5.43. The molecule has 1 amide bonds. The summed E-state index contributed by atoms with van der Waals surface area (Å²) in [5.41, 5.74) is 7.15. The van der Waals surface area contributed by atoms with Gasteiger partial charge in [0, 0.05) is 38.7 Å². The Morgan fingerprint density at radius 1 is 0.923 bits per heavy atom. The van der Waals surface area contributed by atoms with E-state index in [-0.39, 0.29) is 11.8 Å². The molecule has 1 aliphatic carbocycles. The van der Waals surface area contributed by atoms with Gasteiger partial charge in [0.05, 0.1) is 5.69 Å². The maximum absolute atomic E-state index is 11.8. The molecule has 0 saturated carbocycles. The molecule has 5 nitrogen and oxygen atoms in total. The van der Waals surface area contributed by atoms with Crippen LogP contribution in [0.15, 0.2) is 36.0 Å². The van der Waals surface area contributed by atoms with Crippen molar-refractivity contribution in [2.45, 2.75) is 39.5 Å². The molecule has 2 aliphatic rings. The highest BCUT2D eigenvalue weighted by molar-refractivity contribution is 5.86. The van der Waals surface area contributed by atoms with E-state index in [0.717, 1.165) is 50.0 Å². The molecular weight excluding hydrogens is 326 g/mol. The van der Waals surface area contributed by atoms with Crippen LogP contribution in [0.25, 0.3) is 5.57 Å². The van der Waals surface area contributed by atoms with E-state index in [1.165, 1.54) is 27.0 Å². The number of aromatic nitrogens is 2. The van der Waals surface area contributed by atoms with Crippen molar-refractivity contribution in [3.63, 3.8) is 0 Å². The molecule has 1 fully saturated rings. The smallest absolute Gasteiger partial charge is 0.243 e. The molecule has 2 aromatic rings. The van der Waals surface area contributed by atoms with Crippen molar-refractivity contribution in [3.05, 3.63) is 58.4 Å². The molecule has 0 bridgehead atoms. The highest BCUT2D eigenvalue weighted by Crippen LogP contribution is 2.37. The fraction of sp³-hybridized carbons (Fsp3) is 0.381. The number of hydrogen-bond acceptors (Lipinski definition) is 3. The number of amides is 1. The number of hydrogen-bond donors (Lipinski definition) is 0. The zero-order valence-corrected chi connectivity index (χ0v) is 15.3. The lowest BCUT2D eigenvalue weighted by Gasteiger charge is -2.29. The Labute approximate surface area is 153 Å². The summed E-state index contributed by atoms with van der Waals surface area (Å²) in [5.74, 6) is 0.0685. The van der Waals surface area contributed by atoms with Crippen molar-refractivity contribution in [2.75, 3.05) is 13.1 Å². The van der Waals surface area contributed by atoms with Gasteiger partial charge in [0.15, 0.2) is 0 Å². The van der Waals surface area contributed by atoms with Crippen LogP contribution in [0.3, 0.4) is 0 Å². The van der Waals surface area contributed by atoms with Gasteiger partial charge in [0.25, 0.3) is 0 Å². The molecule has 26 heavy (non-hydrogen) atoms. The van der Waals surface area contributed by atoms with Crippen LogP contribution in [0.4, 0.5) is 0 Å². The van der Waals surface area contributed by atoms with Crippen molar-refractivity contribution in [3.8, 4) is 0 Å². The number of rotatable bonds is 0. The number of carbonyl (C=O) groups excluding carboxylic acids is 2. The Bertz CT molecular complexity index is 913. The number of nitrogens with zero attached hydrogens (tertiary/aromatic N) is 3. The molecule has 134 valence electrons. The Kier molecular flexibility index (Phi) is 4.23. The van der Waals surface area contributed by atoms with Crippen LogP contribution in [0.5, 0.6) is 0 Å². The van der Waals surface area contributed by atoms with E-state index in [1.807, 2.05) is 11.1 Å². The summed E-state index contributed by atoms with van der Waals surface area (Å²) in [6, 6.07) is 8.50. The molecule has 1 aromatic carbocycles. The zero-order chi connectivity index (χ0) is 18.3. The summed E-state index contributed by atoms with van der Waals surface area (Å²) < 4.78 is 1.46. The number of fused-ring (bicyclic) bond motifs is 2. The van der Waals surface area contributed by atoms with Crippen LogP contribution in [0.1, 0.15) is 53.9 Å². The van der Waals surface area contributed by atoms with Crippen LogP contribution in [0.2, 0.25) is 0 Å². The molecular formula is C21H23N3O2. The fourth-order valence-electron chi connectivity index (χ4n) is 4.04. The monoisotopic (exact) mass is 349 g/mol. The molecule has 5 heteroatoms. The third kappa shape index (κ3) is 2.87. The second-order valence-electron chi connectivity index (χ2n) is 7.11. The van der Waals surface area contributed by atoms with Crippen molar-refractivity contribution in [1.82, 2.24) is 14.7 Å². The van der Waals surface area contributed by atoms with Gasteiger partial charge in [-0.1, -0.05) is 29.8 Å². The van der Waals surface area contributed by atoms with Gasteiger partial charge in [-0.2, -0.15) is 5.10 Å². The lowest BCUT2D eigenvalue weighted by Crippen LogP contribution is -2.34. The van der Waals surface area contributed by atoms with Gasteiger partial charge in [-0.15, -0.1) is 0 Å². The number of benzene rings is 1. The first-order valence-corrected chi connectivity index (χ1v) is 9.20. The van der Waals surface area contributed by atoms with E-state index >= 15 is 0 Å². The van der Waals surface area contributed by atoms with Crippen molar-refractivity contribution in [2.24, 2.45) is 0 Å². The second-order valence-corrected chi connectivity index (χ2v) is 7.11. The van der Waals surface area contributed by atoms with Gasteiger partial charge in [-0.3, -0.25) is 9.59 Å². The SMILES string of the molecule is CC(=O)N1CCC(=C2c3ccccc3CCc3cn(C(C)=O)nc32)CC1. The van der Waals surface area contributed by atoms with Gasteiger partial charge in [0.1, 0.15) is 0 Å². The van der Waals surface area contributed by atoms with Gasteiger partial charge in [-0.25, -0.2) is 4.68 Å².